The number of carbonyl (C=O) groups excluding carboxylic acids is 1. The van der Waals surface area contributed by atoms with Gasteiger partial charge < -0.3 is 5.73 Å². The van der Waals surface area contributed by atoms with Crippen molar-refractivity contribution in [2.24, 2.45) is 16.1 Å². The molecule has 2 N–H and O–H groups in total. The topological polar surface area (TPSA) is 71.1 Å². The maximum Gasteiger partial charge on any atom is 0.261 e. The van der Waals surface area contributed by atoms with Crippen LogP contribution in [0.5, 0.6) is 0 Å². The van der Waals surface area contributed by atoms with E-state index in [9.17, 15) is 4.79 Å². The van der Waals surface area contributed by atoms with Gasteiger partial charge in [-0.25, -0.2) is 0 Å². The molecule has 0 unspecified atom stereocenters. The molecule has 2 rings (SSSR count). The van der Waals surface area contributed by atoms with Gasteiger partial charge in [0, 0.05) is 19.0 Å². The molecule has 1 aromatic heterocycles. The Kier molecular flexibility index (Phi) is 3.91. The van der Waals surface area contributed by atoms with Crippen molar-refractivity contribution in [3.05, 3.63) is 41.3 Å². The van der Waals surface area contributed by atoms with Gasteiger partial charge in [-0.15, -0.1) is 16.5 Å². The van der Waals surface area contributed by atoms with Crippen LogP contribution in [0.25, 0.3) is 10.4 Å². The van der Waals surface area contributed by atoms with Gasteiger partial charge >= 0.3 is 0 Å². The number of benzene rings is 1. The van der Waals surface area contributed by atoms with E-state index >= 15 is 0 Å². The van der Waals surface area contributed by atoms with Crippen LogP contribution >= 0.6 is 11.3 Å². The lowest BCUT2D eigenvalue weighted by atomic mass is 10.2. The van der Waals surface area contributed by atoms with E-state index in [-0.39, 0.29) is 0 Å². The Bertz CT molecular complexity index is 604. The summed E-state index contributed by atoms with van der Waals surface area (Å²) in [4.78, 5) is 12.8. The minimum Gasteiger partial charge on any atom is -0.365 e. The van der Waals surface area contributed by atoms with Crippen molar-refractivity contribution >= 4 is 22.9 Å². The molecule has 0 saturated heterocycles. The summed E-state index contributed by atoms with van der Waals surface area (Å²) >= 11 is 1.33. The Hall–Kier alpha value is -2.21. The fourth-order valence-corrected chi connectivity index (χ4v) is 2.46. The first-order chi connectivity index (χ1) is 9.08. The van der Waals surface area contributed by atoms with Crippen molar-refractivity contribution in [1.29, 1.82) is 0 Å². The average molecular weight is 274 g/mol. The minimum atomic E-state index is -0.486. The maximum absolute atomic E-state index is 11.4. The van der Waals surface area contributed by atoms with Gasteiger partial charge in [0.2, 0.25) is 0 Å². The van der Waals surface area contributed by atoms with Crippen molar-refractivity contribution in [2.75, 3.05) is 14.1 Å². The van der Waals surface area contributed by atoms with Gasteiger partial charge in [0.15, 0.2) is 0 Å². The van der Waals surface area contributed by atoms with E-state index in [1.54, 1.807) is 19.1 Å². The summed E-state index contributed by atoms with van der Waals surface area (Å²) < 4.78 is 0. The smallest absolute Gasteiger partial charge is 0.261 e. The molecule has 19 heavy (non-hydrogen) atoms. The molecule has 0 aliphatic heterocycles. The molecule has 0 atom stereocenters. The fourth-order valence-electron chi connectivity index (χ4n) is 1.51. The van der Waals surface area contributed by atoms with Gasteiger partial charge in [0.05, 0.1) is 0 Å². The van der Waals surface area contributed by atoms with E-state index in [0.29, 0.717) is 10.6 Å². The summed E-state index contributed by atoms with van der Waals surface area (Å²) in [6.07, 6.45) is 0. The molecule has 0 fully saturated rings. The first-order valence-corrected chi connectivity index (χ1v) is 6.47. The van der Waals surface area contributed by atoms with Crippen LogP contribution in [-0.2, 0) is 0 Å². The first-order valence-electron chi connectivity index (χ1n) is 5.66. The third-order valence-corrected chi connectivity index (χ3v) is 3.51. The van der Waals surface area contributed by atoms with Crippen LogP contribution in [0.15, 0.2) is 46.7 Å². The molecule has 1 aromatic carbocycles. The van der Waals surface area contributed by atoms with Gasteiger partial charge in [0.25, 0.3) is 5.91 Å². The summed E-state index contributed by atoms with van der Waals surface area (Å²) in [5, 5.41) is 9.50. The second-order valence-electron chi connectivity index (χ2n) is 4.09. The number of thiophene rings is 1. The van der Waals surface area contributed by atoms with E-state index in [1.807, 2.05) is 36.4 Å². The van der Waals surface area contributed by atoms with E-state index in [2.05, 4.69) is 10.3 Å². The van der Waals surface area contributed by atoms with Crippen LogP contribution in [0, 0.1) is 0 Å². The molecule has 6 heteroatoms. The van der Waals surface area contributed by atoms with Gasteiger partial charge in [0.1, 0.15) is 10.6 Å². The Balaban J connectivity index is 2.44. The summed E-state index contributed by atoms with van der Waals surface area (Å²) in [5.41, 5.74) is 6.90. The lowest BCUT2D eigenvalue weighted by molar-refractivity contribution is 0.100. The highest BCUT2D eigenvalue weighted by Crippen LogP contribution is 2.36. The zero-order valence-electron chi connectivity index (χ0n) is 10.7. The number of nitrogens with two attached hydrogens (primary N) is 1. The molecule has 0 radical (unpaired) electrons. The maximum atomic E-state index is 11.4. The van der Waals surface area contributed by atoms with Crippen LogP contribution in [0.4, 0.5) is 5.69 Å². The zero-order chi connectivity index (χ0) is 13.8. The second kappa shape index (κ2) is 5.62. The Labute approximate surface area is 115 Å². The standard InChI is InChI=1S/C13H14N4OS/c1-17(2)16-15-10-8-11(19-12(10)13(14)18)9-6-4-3-5-7-9/h3-8H,1-2H3,(H2,14,18)/b16-15+. The first kappa shape index (κ1) is 13.2. The highest BCUT2D eigenvalue weighted by molar-refractivity contribution is 7.18. The zero-order valence-corrected chi connectivity index (χ0v) is 11.5. The number of rotatable bonds is 4. The average Bonchev–Trinajstić information content (AvgIpc) is 2.81. The minimum absolute atomic E-state index is 0.421. The highest BCUT2D eigenvalue weighted by atomic mass is 32.1. The lowest BCUT2D eigenvalue weighted by Crippen LogP contribution is -2.08. The molecule has 5 nitrogen and oxygen atoms in total. The third kappa shape index (κ3) is 3.17. The summed E-state index contributed by atoms with van der Waals surface area (Å²) in [6.45, 7) is 0. The van der Waals surface area contributed by atoms with E-state index < -0.39 is 5.91 Å². The Morgan fingerprint density at radius 3 is 2.53 bits per heavy atom. The molecule has 0 spiro atoms. The molecule has 0 aliphatic rings. The van der Waals surface area contributed by atoms with Gasteiger partial charge in [-0.3, -0.25) is 9.80 Å². The van der Waals surface area contributed by atoms with Crippen molar-refractivity contribution in [2.45, 2.75) is 0 Å². The molecular weight excluding hydrogens is 260 g/mol. The van der Waals surface area contributed by atoms with E-state index in [4.69, 9.17) is 5.73 Å². The van der Waals surface area contributed by atoms with Crippen molar-refractivity contribution in [1.82, 2.24) is 5.01 Å². The van der Waals surface area contributed by atoms with Gasteiger partial charge in [-0.2, -0.15) is 0 Å². The van der Waals surface area contributed by atoms with Gasteiger partial charge in [-0.1, -0.05) is 35.6 Å². The number of nitrogens with zero attached hydrogens (tertiary/aromatic N) is 3. The normalized spacial score (nSPS) is 10.8. The van der Waals surface area contributed by atoms with Crippen molar-refractivity contribution in [3.8, 4) is 10.4 Å². The number of carbonyl (C=O) groups is 1. The quantitative estimate of drug-likeness (QED) is 0.687. The Morgan fingerprint density at radius 2 is 1.95 bits per heavy atom. The number of hydrogen-bond acceptors (Lipinski definition) is 4. The number of primary amides is 1. The number of amides is 1. The summed E-state index contributed by atoms with van der Waals surface area (Å²) in [6, 6.07) is 11.6. The molecule has 1 heterocycles. The predicted molar refractivity (Wildman–Crippen MR) is 76.5 cm³/mol. The monoisotopic (exact) mass is 274 g/mol. The van der Waals surface area contributed by atoms with E-state index in [1.165, 1.54) is 11.3 Å². The SMILES string of the molecule is CN(C)/N=N/c1cc(-c2ccccc2)sc1C(N)=O. The lowest BCUT2D eigenvalue weighted by Gasteiger charge is -1.99. The highest BCUT2D eigenvalue weighted by Gasteiger charge is 2.14. The predicted octanol–water partition coefficient (Wildman–Crippen LogP) is 3.07. The van der Waals surface area contributed by atoms with Crippen LogP contribution in [0.3, 0.4) is 0 Å². The molecule has 1 amide bonds. The molecule has 98 valence electrons. The Morgan fingerprint density at radius 1 is 1.26 bits per heavy atom. The largest absolute Gasteiger partial charge is 0.365 e. The molecule has 0 aliphatic carbocycles. The summed E-state index contributed by atoms with van der Waals surface area (Å²) in [7, 11) is 3.52. The number of hydrogen-bond donors (Lipinski definition) is 1. The van der Waals surface area contributed by atoms with E-state index in [0.717, 1.165) is 10.4 Å². The van der Waals surface area contributed by atoms with Gasteiger partial charge in [-0.05, 0) is 11.6 Å². The van der Waals surface area contributed by atoms with Crippen LogP contribution in [-0.4, -0.2) is 25.0 Å². The van der Waals surface area contributed by atoms with Crippen molar-refractivity contribution < 1.29 is 4.79 Å². The summed E-state index contributed by atoms with van der Waals surface area (Å²) in [5.74, 6) is -0.486. The van der Waals surface area contributed by atoms with Crippen LogP contribution < -0.4 is 5.73 Å². The fraction of sp³-hybridized carbons (Fsp3) is 0.154. The second-order valence-corrected chi connectivity index (χ2v) is 5.14. The van der Waals surface area contributed by atoms with Crippen LogP contribution in [0.2, 0.25) is 0 Å². The third-order valence-electron chi connectivity index (χ3n) is 2.33. The molecule has 2 aromatic rings. The molecular formula is C13H14N4OS. The van der Waals surface area contributed by atoms with Crippen molar-refractivity contribution in [3.63, 3.8) is 0 Å². The van der Waals surface area contributed by atoms with Crippen LogP contribution in [0.1, 0.15) is 9.67 Å². The molecule has 0 saturated carbocycles. The molecule has 0 bridgehead atoms.